The van der Waals surface area contributed by atoms with E-state index in [0.717, 1.165) is 16.9 Å². The molecule has 1 saturated heterocycles. The van der Waals surface area contributed by atoms with Crippen LogP contribution in [0.25, 0.3) is 0 Å². The van der Waals surface area contributed by atoms with Gasteiger partial charge in [-0.3, -0.25) is 25.8 Å². The van der Waals surface area contributed by atoms with Crippen molar-refractivity contribution in [1.82, 2.24) is 20.4 Å². The summed E-state index contributed by atoms with van der Waals surface area (Å²) >= 11 is 0. The summed E-state index contributed by atoms with van der Waals surface area (Å²) in [7, 11) is 0. The maximum absolute atomic E-state index is 13.3. The zero-order chi connectivity index (χ0) is 26.3. The third-order valence-corrected chi connectivity index (χ3v) is 6.37. The lowest BCUT2D eigenvalue weighted by Crippen LogP contribution is -2.47. The van der Waals surface area contributed by atoms with Crippen LogP contribution in [0, 0.1) is 10.1 Å². The van der Waals surface area contributed by atoms with Gasteiger partial charge in [0.2, 0.25) is 17.5 Å². The highest BCUT2D eigenvalue weighted by Crippen LogP contribution is 2.32. The quantitative estimate of drug-likeness (QED) is 0.271. The van der Waals surface area contributed by atoms with Gasteiger partial charge in [-0.25, -0.2) is 15.0 Å². The second-order valence-corrected chi connectivity index (χ2v) is 8.68. The van der Waals surface area contributed by atoms with Crippen molar-refractivity contribution in [3.05, 3.63) is 113 Å². The number of nitrogens with zero attached hydrogens (tertiary/aromatic N) is 6. The van der Waals surface area contributed by atoms with Crippen LogP contribution in [0.15, 0.2) is 91.4 Å². The van der Waals surface area contributed by atoms with Crippen molar-refractivity contribution >= 4 is 29.0 Å². The predicted molar refractivity (Wildman–Crippen MR) is 144 cm³/mol. The van der Waals surface area contributed by atoms with Gasteiger partial charge in [-0.05, 0) is 23.3 Å². The lowest BCUT2D eigenvalue weighted by Gasteiger charge is -2.35. The Morgan fingerprint density at radius 1 is 0.816 bits per heavy atom. The summed E-state index contributed by atoms with van der Waals surface area (Å²) < 4.78 is 0. The molecule has 192 valence electrons. The molecule has 11 nitrogen and oxygen atoms in total. The van der Waals surface area contributed by atoms with Gasteiger partial charge in [0.25, 0.3) is 0 Å². The first-order valence-electron chi connectivity index (χ1n) is 12.2. The maximum Gasteiger partial charge on any atom is 0.355 e. The van der Waals surface area contributed by atoms with Gasteiger partial charge in [-0.1, -0.05) is 66.7 Å². The van der Waals surface area contributed by atoms with Crippen molar-refractivity contribution in [2.24, 2.45) is 0 Å². The van der Waals surface area contributed by atoms with E-state index in [4.69, 9.17) is 0 Å². The van der Waals surface area contributed by atoms with Crippen molar-refractivity contribution in [1.29, 1.82) is 0 Å². The number of nitro groups is 1. The Labute approximate surface area is 219 Å². The van der Waals surface area contributed by atoms with Gasteiger partial charge >= 0.3 is 5.69 Å². The van der Waals surface area contributed by atoms with Crippen LogP contribution >= 0.6 is 0 Å². The van der Waals surface area contributed by atoms with E-state index >= 15 is 0 Å². The molecule has 0 spiro atoms. The molecule has 2 aromatic heterocycles. The first-order chi connectivity index (χ1) is 18.6. The Hall–Kier alpha value is -5.06. The average molecular weight is 511 g/mol. The monoisotopic (exact) mass is 510 g/mol. The summed E-state index contributed by atoms with van der Waals surface area (Å²) in [5.41, 5.74) is 6.61. The number of rotatable bonds is 8. The van der Waals surface area contributed by atoms with Crippen LogP contribution in [0.5, 0.6) is 0 Å². The van der Waals surface area contributed by atoms with Gasteiger partial charge in [0.15, 0.2) is 0 Å². The van der Waals surface area contributed by atoms with Gasteiger partial charge in [0.1, 0.15) is 12.1 Å². The molecule has 0 bridgehead atoms. The Bertz CT molecular complexity index is 1340. The molecule has 1 aliphatic rings. The molecule has 5 rings (SSSR count). The van der Waals surface area contributed by atoms with E-state index in [1.54, 1.807) is 6.20 Å². The Kier molecular flexibility index (Phi) is 7.34. The highest BCUT2D eigenvalue weighted by Gasteiger charge is 2.30. The number of hydrazine groups is 1. The second-order valence-electron chi connectivity index (χ2n) is 8.68. The normalized spacial score (nSPS) is 13.3. The van der Waals surface area contributed by atoms with Crippen LogP contribution in [-0.4, -0.2) is 52.0 Å². The summed E-state index contributed by atoms with van der Waals surface area (Å²) in [6.07, 6.45) is 3.00. The summed E-state index contributed by atoms with van der Waals surface area (Å²) in [5, 5.41) is 12.1. The zero-order valence-corrected chi connectivity index (χ0v) is 20.5. The Morgan fingerprint density at radius 3 is 2.00 bits per heavy atom. The van der Waals surface area contributed by atoms with E-state index < -0.39 is 10.8 Å². The summed E-state index contributed by atoms with van der Waals surface area (Å²) in [4.78, 5) is 41.6. The second kappa shape index (κ2) is 11.3. The molecular formula is C27H26N8O3. The van der Waals surface area contributed by atoms with Gasteiger partial charge in [0, 0.05) is 32.4 Å². The summed E-state index contributed by atoms with van der Waals surface area (Å²) in [6.45, 7) is 2.30. The topological polar surface area (TPSA) is 129 Å². The van der Waals surface area contributed by atoms with Gasteiger partial charge in [0.05, 0.1) is 10.8 Å². The van der Waals surface area contributed by atoms with Crippen LogP contribution < -0.4 is 20.7 Å². The standard InChI is InChI=1S/C27H26N8O3/c36-27(23(20-9-3-1-4-10-20)21-11-5-2-6-12-21)32-31-25-24(35(37)38)26(30-19-29-25)34-17-15-33(16-18-34)22-13-7-8-14-28-22/h1-14,19,23H,15-18H2,(H,32,36)(H,29,30,31). The fraction of sp³-hybridized carbons (Fsp3) is 0.185. The predicted octanol–water partition coefficient (Wildman–Crippen LogP) is 3.38. The van der Waals surface area contributed by atoms with E-state index in [1.165, 1.54) is 6.33 Å². The molecule has 0 radical (unpaired) electrons. The highest BCUT2D eigenvalue weighted by molar-refractivity contribution is 5.88. The van der Waals surface area contributed by atoms with Crippen molar-refractivity contribution in [2.75, 3.05) is 41.4 Å². The smallest absolute Gasteiger partial charge is 0.353 e. The van der Waals surface area contributed by atoms with Crippen molar-refractivity contribution in [3.63, 3.8) is 0 Å². The van der Waals surface area contributed by atoms with Crippen LogP contribution in [0.2, 0.25) is 0 Å². The van der Waals surface area contributed by atoms with E-state index in [-0.39, 0.29) is 23.2 Å². The molecule has 2 aromatic carbocycles. The first kappa shape index (κ1) is 24.6. The SMILES string of the molecule is O=C(NNc1ncnc(N2CCN(c3ccccn3)CC2)c1[N+](=O)[O-])C(c1ccccc1)c1ccccc1. The van der Waals surface area contributed by atoms with E-state index in [2.05, 4.69) is 30.7 Å². The fourth-order valence-electron chi connectivity index (χ4n) is 4.53. The number of benzene rings is 2. The number of nitrogens with one attached hydrogen (secondary N) is 2. The number of pyridine rings is 1. The minimum absolute atomic E-state index is 0.0830. The van der Waals surface area contributed by atoms with Gasteiger partial charge in [-0.2, -0.15) is 0 Å². The molecule has 0 saturated carbocycles. The molecule has 0 unspecified atom stereocenters. The van der Waals surface area contributed by atoms with E-state index in [9.17, 15) is 14.9 Å². The molecule has 2 N–H and O–H groups in total. The molecule has 38 heavy (non-hydrogen) atoms. The Morgan fingerprint density at radius 2 is 1.42 bits per heavy atom. The fourth-order valence-corrected chi connectivity index (χ4v) is 4.53. The summed E-state index contributed by atoms with van der Waals surface area (Å²) in [5.74, 6) is -0.0166. The molecule has 0 aliphatic carbocycles. The molecular weight excluding hydrogens is 484 g/mol. The van der Waals surface area contributed by atoms with Crippen LogP contribution in [0.1, 0.15) is 17.0 Å². The molecule has 4 aromatic rings. The number of carbonyl (C=O) groups is 1. The van der Waals surface area contributed by atoms with Crippen molar-refractivity contribution in [2.45, 2.75) is 5.92 Å². The maximum atomic E-state index is 13.3. The van der Waals surface area contributed by atoms with Crippen molar-refractivity contribution < 1.29 is 9.72 Å². The number of piperazine rings is 1. The number of hydrogen-bond acceptors (Lipinski definition) is 9. The highest BCUT2D eigenvalue weighted by atomic mass is 16.6. The lowest BCUT2D eigenvalue weighted by atomic mass is 9.91. The van der Waals surface area contributed by atoms with Crippen LogP contribution in [0.4, 0.5) is 23.1 Å². The number of amides is 1. The molecule has 1 aliphatic heterocycles. The number of hydrogen-bond donors (Lipinski definition) is 2. The average Bonchev–Trinajstić information content (AvgIpc) is 2.97. The zero-order valence-electron chi connectivity index (χ0n) is 20.5. The number of carbonyl (C=O) groups excluding carboxylic acids is 1. The van der Waals surface area contributed by atoms with Gasteiger partial charge in [-0.15, -0.1) is 0 Å². The van der Waals surface area contributed by atoms with Crippen LogP contribution in [-0.2, 0) is 4.79 Å². The summed E-state index contributed by atoms with van der Waals surface area (Å²) in [6, 6.07) is 24.4. The largest absolute Gasteiger partial charge is 0.355 e. The molecule has 11 heteroatoms. The first-order valence-corrected chi connectivity index (χ1v) is 12.2. The Balaban J connectivity index is 1.34. The number of anilines is 3. The van der Waals surface area contributed by atoms with E-state index in [1.807, 2.05) is 83.8 Å². The minimum Gasteiger partial charge on any atom is -0.353 e. The van der Waals surface area contributed by atoms with E-state index in [0.29, 0.717) is 26.2 Å². The molecule has 1 amide bonds. The van der Waals surface area contributed by atoms with Crippen molar-refractivity contribution in [3.8, 4) is 0 Å². The third-order valence-electron chi connectivity index (χ3n) is 6.37. The lowest BCUT2D eigenvalue weighted by molar-refractivity contribution is -0.383. The molecule has 0 atom stereocenters. The molecule has 1 fully saturated rings. The minimum atomic E-state index is -0.620. The number of aromatic nitrogens is 3. The third kappa shape index (κ3) is 5.36. The molecule has 3 heterocycles. The van der Waals surface area contributed by atoms with Gasteiger partial charge < -0.3 is 9.80 Å². The van der Waals surface area contributed by atoms with Crippen LogP contribution in [0.3, 0.4) is 0 Å².